The number of aryl methyl sites for hydroxylation is 2. The summed E-state index contributed by atoms with van der Waals surface area (Å²) in [6.45, 7) is 0.470. The summed E-state index contributed by atoms with van der Waals surface area (Å²) >= 11 is 0. The van der Waals surface area contributed by atoms with Gasteiger partial charge in [0.1, 0.15) is 6.33 Å². The van der Waals surface area contributed by atoms with Gasteiger partial charge in [0.15, 0.2) is 16.8 Å². The van der Waals surface area contributed by atoms with Crippen LogP contribution in [0.2, 0.25) is 0 Å². The molecule has 0 aliphatic rings. The van der Waals surface area contributed by atoms with Crippen LogP contribution in [0.4, 0.5) is 0 Å². The third-order valence-electron chi connectivity index (χ3n) is 4.45. The third-order valence-corrected chi connectivity index (χ3v) is 4.45. The summed E-state index contributed by atoms with van der Waals surface area (Å²) in [6, 6.07) is 9.80. The van der Waals surface area contributed by atoms with E-state index in [1.165, 1.54) is 10.9 Å². The highest BCUT2D eigenvalue weighted by Gasteiger charge is 2.15. The summed E-state index contributed by atoms with van der Waals surface area (Å²) in [6.07, 6.45) is 7.22. The number of hydrogen-bond acceptors (Lipinski definition) is 6. The first-order valence-corrected chi connectivity index (χ1v) is 8.43. The lowest BCUT2D eigenvalue weighted by atomic mass is 10.1. The number of aromatic amines is 1. The summed E-state index contributed by atoms with van der Waals surface area (Å²) in [5.41, 5.74) is 3.68. The van der Waals surface area contributed by atoms with Crippen LogP contribution >= 0.6 is 0 Å². The van der Waals surface area contributed by atoms with Gasteiger partial charge in [-0.3, -0.25) is 9.36 Å². The molecule has 4 heterocycles. The Balaban J connectivity index is 1.59. The van der Waals surface area contributed by atoms with E-state index in [-0.39, 0.29) is 11.1 Å². The zero-order valence-corrected chi connectivity index (χ0v) is 14.1. The highest BCUT2D eigenvalue weighted by Crippen LogP contribution is 2.23. The molecule has 4 aromatic heterocycles. The minimum Gasteiger partial charge on any atom is -0.348 e. The molecule has 0 bridgehead atoms. The summed E-state index contributed by atoms with van der Waals surface area (Å²) in [5.74, 6) is 0. The molecule has 0 unspecified atom stereocenters. The van der Waals surface area contributed by atoms with Gasteiger partial charge in [-0.05, 0) is 5.56 Å². The fraction of sp³-hybridized carbons (Fsp3) is 0.111. The molecule has 0 saturated heterocycles. The van der Waals surface area contributed by atoms with E-state index in [2.05, 4.69) is 30.2 Å². The Bertz CT molecular complexity index is 1290. The van der Waals surface area contributed by atoms with Crippen LogP contribution < -0.4 is 5.56 Å². The van der Waals surface area contributed by atoms with Crippen molar-refractivity contribution >= 4 is 16.8 Å². The van der Waals surface area contributed by atoms with Gasteiger partial charge in [0, 0.05) is 30.4 Å². The first kappa shape index (κ1) is 15.4. The van der Waals surface area contributed by atoms with Crippen molar-refractivity contribution in [1.29, 1.82) is 0 Å². The number of benzene rings is 1. The summed E-state index contributed by atoms with van der Waals surface area (Å²) in [5, 5.41) is 12.8. The van der Waals surface area contributed by atoms with Crippen LogP contribution in [0, 0.1) is 0 Å². The van der Waals surface area contributed by atoms with Crippen molar-refractivity contribution in [3.63, 3.8) is 0 Å². The van der Waals surface area contributed by atoms with E-state index >= 15 is 0 Å². The quantitative estimate of drug-likeness (QED) is 0.521. The number of fused-ring (bicyclic) bond motifs is 3. The highest BCUT2D eigenvalue weighted by atomic mass is 16.1. The Morgan fingerprint density at radius 1 is 1.04 bits per heavy atom. The highest BCUT2D eigenvalue weighted by molar-refractivity contribution is 5.80. The number of hydrogen-bond donors (Lipinski definition) is 1. The first-order valence-electron chi connectivity index (χ1n) is 8.43. The molecule has 5 aromatic rings. The number of aromatic nitrogens is 8. The summed E-state index contributed by atoms with van der Waals surface area (Å²) in [4.78, 5) is 24.2. The van der Waals surface area contributed by atoms with Crippen molar-refractivity contribution in [3.05, 3.63) is 71.4 Å². The van der Waals surface area contributed by atoms with Crippen molar-refractivity contribution in [3.8, 4) is 11.1 Å². The molecule has 0 spiro atoms. The van der Waals surface area contributed by atoms with E-state index in [4.69, 9.17) is 0 Å². The molecule has 0 aliphatic carbocycles. The molecule has 0 fully saturated rings. The minimum absolute atomic E-state index is 0.192. The van der Waals surface area contributed by atoms with Crippen LogP contribution in [0.5, 0.6) is 0 Å². The zero-order chi connectivity index (χ0) is 18.2. The standard InChI is InChI=1S/C18H14N8O/c27-18-15-17(21-11-25(18)7-6-13-8-19-10-20-13)26-16(24-23-15)14(9-22-26)12-4-2-1-3-5-12/h1-5,8-11H,6-7H2,(H,19,20). The summed E-state index contributed by atoms with van der Waals surface area (Å²) < 4.78 is 3.08. The van der Waals surface area contributed by atoms with Gasteiger partial charge in [0.2, 0.25) is 0 Å². The van der Waals surface area contributed by atoms with Gasteiger partial charge < -0.3 is 4.98 Å². The van der Waals surface area contributed by atoms with E-state index in [1.807, 2.05) is 30.3 Å². The van der Waals surface area contributed by atoms with E-state index in [0.29, 0.717) is 24.3 Å². The van der Waals surface area contributed by atoms with Crippen LogP contribution in [0.15, 0.2) is 60.2 Å². The van der Waals surface area contributed by atoms with Crippen molar-refractivity contribution < 1.29 is 0 Å². The fourth-order valence-electron chi connectivity index (χ4n) is 3.05. The van der Waals surface area contributed by atoms with Gasteiger partial charge in [0.05, 0.1) is 12.5 Å². The van der Waals surface area contributed by atoms with Gasteiger partial charge >= 0.3 is 0 Å². The third kappa shape index (κ3) is 2.56. The van der Waals surface area contributed by atoms with E-state index in [9.17, 15) is 4.79 Å². The van der Waals surface area contributed by atoms with Crippen LogP contribution in [0.1, 0.15) is 5.69 Å². The average molecular weight is 358 g/mol. The number of nitrogens with zero attached hydrogens (tertiary/aromatic N) is 7. The number of H-pyrrole nitrogens is 1. The maximum absolute atomic E-state index is 12.8. The van der Waals surface area contributed by atoms with Gasteiger partial charge in [-0.1, -0.05) is 30.3 Å². The van der Waals surface area contributed by atoms with Crippen molar-refractivity contribution in [2.45, 2.75) is 13.0 Å². The molecule has 132 valence electrons. The van der Waals surface area contributed by atoms with E-state index in [1.54, 1.807) is 23.2 Å². The van der Waals surface area contributed by atoms with Crippen molar-refractivity contribution in [2.24, 2.45) is 0 Å². The Morgan fingerprint density at radius 3 is 2.74 bits per heavy atom. The lowest BCUT2D eigenvalue weighted by molar-refractivity contribution is 0.651. The van der Waals surface area contributed by atoms with Crippen LogP contribution in [0.3, 0.4) is 0 Å². The molecular weight excluding hydrogens is 344 g/mol. The molecule has 1 N–H and O–H groups in total. The number of rotatable bonds is 4. The molecule has 0 atom stereocenters. The maximum atomic E-state index is 12.8. The van der Waals surface area contributed by atoms with Crippen LogP contribution in [0.25, 0.3) is 27.9 Å². The Labute approximate surface area is 152 Å². The van der Waals surface area contributed by atoms with Gasteiger partial charge in [-0.25, -0.2) is 9.97 Å². The molecule has 9 nitrogen and oxygen atoms in total. The molecule has 27 heavy (non-hydrogen) atoms. The van der Waals surface area contributed by atoms with Gasteiger partial charge in [0.25, 0.3) is 5.56 Å². The normalized spacial score (nSPS) is 11.4. The second-order valence-electron chi connectivity index (χ2n) is 6.10. The molecule has 0 radical (unpaired) electrons. The maximum Gasteiger partial charge on any atom is 0.283 e. The van der Waals surface area contributed by atoms with Gasteiger partial charge in [-0.2, -0.15) is 9.61 Å². The topological polar surface area (TPSA) is 107 Å². The smallest absolute Gasteiger partial charge is 0.283 e. The Kier molecular flexibility index (Phi) is 3.49. The fourth-order valence-corrected chi connectivity index (χ4v) is 3.05. The molecular formula is C18H14N8O. The van der Waals surface area contributed by atoms with Crippen molar-refractivity contribution in [2.75, 3.05) is 0 Å². The SMILES string of the molecule is O=c1c2nnc3c(-c4ccccc4)cnn3c2ncn1CCc1cnc[nH]1. The average Bonchev–Trinajstić information content (AvgIpc) is 3.38. The second kappa shape index (κ2) is 6.13. The first-order chi connectivity index (χ1) is 13.3. The molecule has 5 rings (SSSR count). The Morgan fingerprint density at radius 2 is 1.93 bits per heavy atom. The van der Waals surface area contributed by atoms with Gasteiger partial charge in [-0.15, -0.1) is 10.2 Å². The minimum atomic E-state index is -0.245. The predicted molar refractivity (Wildman–Crippen MR) is 98.1 cm³/mol. The lowest BCUT2D eigenvalue weighted by Gasteiger charge is -2.06. The molecule has 1 aromatic carbocycles. The predicted octanol–water partition coefficient (Wildman–Crippen LogP) is 1.47. The van der Waals surface area contributed by atoms with E-state index < -0.39 is 0 Å². The van der Waals surface area contributed by atoms with Crippen LogP contribution in [-0.4, -0.2) is 39.3 Å². The molecule has 0 amide bonds. The van der Waals surface area contributed by atoms with Crippen molar-refractivity contribution in [1.82, 2.24) is 39.3 Å². The molecule has 0 saturated carbocycles. The monoisotopic (exact) mass is 358 g/mol. The number of imidazole rings is 1. The lowest BCUT2D eigenvalue weighted by Crippen LogP contribution is -2.24. The largest absolute Gasteiger partial charge is 0.348 e. The molecule has 9 heteroatoms. The number of nitrogens with one attached hydrogen (secondary N) is 1. The zero-order valence-electron chi connectivity index (χ0n) is 14.1. The Hall–Kier alpha value is -3.88. The second-order valence-corrected chi connectivity index (χ2v) is 6.10. The van der Waals surface area contributed by atoms with E-state index in [0.717, 1.165) is 16.8 Å². The molecule has 0 aliphatic heterocycles. The summed E-state index contributed by atoms with van der Waals surface area (Å²) in [7, 11) is 0. The van der Waals surface area contributed by atoms with Crippen LogP contribution in [-0.2, 0) is 13.0 Å².